The molecule has 0 saturated heterocycles. The second-order valence-electron chi connectivity index (χ2n) is 6.77. The summed E-state index contributed by atoms with van der Waals surface area (Å²) in [7, 11) is -3.78. The summed E-state index contributed by atoms with van der Waals surface area (Å²) in [6.07, 6.45) is 6.71. The molecule has 1 aliphatic rings. The van der Waals surface area contributed by atoms with Crippen molar-refractivity contribution in [3.63, 3.8) is 0 Å². The zero-order valence-corrected chi connectivity index (χ0v) is 16.5. The summed E-state index contributed by atoms with van der Waals surface area (Å²) in [5, 5.41) is 3.38. The standard InChI is InChI=1S/C20H23ClN2O3S/c21-18-9-5-6-10-19(18)23-27(25,26)17-13-11-15(12-14-17)20(24)22-16-7-3-1-2-4-8-16/h5-6,9-14,16,23H,1-4,7-8H2,(H,22,24). The first-order valence-electron chi connectivity index (χ1n) is 9.14. The molecule has 0 aromatic heterocycles. The van der Waals surface area contributed by atoms with Gasteiger partial charge in [0.25, 0.3) is 15.9 Å². The first kappa shape index (κ1) is 19.7. The quantitative estimate of drug-likeness (QED) is 0.713. The Labute approximate surface area is 165 Å². The van der Waals surface area contributed by atoms with E-state index in [-0.39, 0.29) is 16.8 Å². The average molecular weight is 407 g/mol. The van der Waals surface area contributed by atoms with Crippen LogP contribution >= 0.6 is 11.6 Å². The highest BCUT2D eigenvalue weighted by Crippen LogP contribution is 2.24. The lowest BCUT2D eigenvalue weighted by atomic mass is 10.1. The van der Waals surface area contributed by atoms with Gasteiger partial charge in [0.05, 0.1) is 15.6 Å². The van der Waals surface area contributed by atoms with Gasteiger partial charge in [0.1, 0.15) is 0 Å². The van der Waals surface area contributed by atoms with E-state index in [2.05, 4.69) is 10.0 Å². The Kier molecular flexibility index (Phi) is 6.39. The summed E-state index contributed by atoms with van der Waals surface area (Å²) in [6, 6.07) is 12.8. The van der Waals surface area contributed by atoms with Crippen molar-refractivity contribution in [1.29, 1.82) is 0 Å². The van der Waals surface area contributed by atoms with Crippen molar-refractivity contribution in [2.45, 2.75) is 49.5 Å². The Bertz CT molecular complexity index is 890. The fourth-order valence-corrected chi connectivity index (χ4v) is 4.54. The lowest BCUT2D eigenvalue weighted by Gasteiger charge is -2.16. The van der Waals surface area contributed by atoms with Crippen LogP contribution in [0.1, 0.15) is 48.9 Å². The molecule has 1 aliphatic carbocycles. The number of para-hydroxylation sites is 1. The van der Waals surface area contributed by atoms with Gasteiger partial charge in [0.2, 0.25) is 0 Å². The predicted molar refractivity (Wildman–Crippen MR) is 108 cm³/mol. The van der Waals surface area contributed by atoms with Crippen molar-refractivity contribution < 1.29 is 13.2 Å². The monoisotopic (exact) mass is 406 g/mol. The molecule has 1 amide bonds. The van der Waals surface area contributed by atoms with Gasteiger partial charge < -0.3 is 5.32 Å². The summed E-state index contributed by atoms with van der Waals surface area (Å²) < 4.78 is 27.5. The summed E-state index contributed by atoms with van der Waals surface area (Å²) >= 11 is 6.01. The molecular formula is C20H23ClN2O3S. The van der Waals surface area contributed by atoms with Crippen molar-refractivity contribution in [3.8, 4) is 0 Å². The minimum Gasteiger partial charge on any atom is -0.349 e. The Morgan fingerprint density at radius 3 is 2.19 bits per heavy atom. The van der Waals surface area contributed by atoms with Crippen molar-refractivity contribution >= 4 is 33.2 Å². The van der Waals surface area contributed by atoms with Crippen LogP contribution < -0.4 is 10.0 Å². The molecule has 0 unspecified atom stereocenters. The van der Waals surface area contributed by atoms with Crippen molar-refractivity contribution in [3.05, 3.63) is 59.1 Å². The van der Waals surface area contributed by atoms with Gasteiger partial charge in [-0.2, -0.15) is 0 Å². The maximum atomic E-state index is 12.5. The largest absolute Gasteiger partial charge is 0.349 e. The smallest absolute Gasteiger partial charge is 0.261 e. The molecule has 2 N–H and O–H groups in total. The number of sulfonamides is 1. The Morgan fingerprint density at radius 1 is 0.926 bits per heavy atom. The van der Waals surface area contributed by atoms with Gasteiger partial charge in [-0.05, 0) is 49.2 Å². The highest BCUT2D eigenvalue weighted by molar-refractivity contribution is 7.92. The third-order valence-electron chi connectivity index (χ3n) is 4.74. The zero-order valence-electron chi connectivity index (χ0n) is 14.9. The fraction of sp³-hybridized carbons (Fsp3) is 0.350. The normalized spacial score (nSPS) is 15.7. The van der Waals surface area contributed by atoms with Gasteiger partial charge >= 0.3 is 0 Å². The van der Waals surface area contributed by atoms with E-state index in [0.29, 0.717) is 16.3 Å². The van der Waals surface area contributed by atoms with Gasteiger partial charge in [-0.15, -0.1) is 0 Å². The molecule has 0 spiro atoms. The zero-order chi connectivity index (χ0) is 19.3. The van der Waals surface area contributed by atoms with Crippen LogP contribution in [0.5, 0.6) is 0 Å². The summed E-state index contributed by atoms with van der Waals surface area (Å²) in [4.78, 5) is 12.5. The van der Waals surface area contributed by atoms with Crippen LogP contribution in [0.2, 0.25) is 5.02 Å². The summed E-state index contributed by atoms with van der Waals surface area (Å²) in [5.41, 5.74) is 0.769. The van der Waals surface area contributed by atoms with Crippen molar-refractivity contribution in [2.24, 2.45) is 0 Å². The molecule has 0 atom stereocenters. The minimum absolute atomic E-state index is 0.0773. The number of amides is 1. The topological polar surface area (TPSA) is 75.3 Å². The third-order valence-corrected chi connectivity index (χ3v) is 6.45. The molecule has 1 fully saturated rings. The van der Waals surface area contributed by atoms with Gasteiger partial charge in [-0.1, -0.05) is 49.4 Å². The number of anilines is 1. The van der Waals surface area contributed by atoms with Crippen LogP contribution in [0.15, 0.2) is 53.4 Å². The van der Waals surface area contributed by atoms with E-state index in [0.717, 1.165) is 25.7 Å². The number of carbonyl (C=O) groups excluding carboxylic acids is 1. The second kappa shape index (κ2) is 8.76. The molecule has 2 aromatic carbocycles. The first-order valence-corrected chi connectivity index (χ1v) is 11.0. The van der Waals surface area contributed by atoms with E-state index in [1.54, 1.807) is 24.3 Å². The predicted octanol–water partition coefficient (Wildman–Crippen LogP) is 4.59. The van der Waals surface area contributed by atoms with E-state index < -0.39 is 10.0 Å². The SMILES string of the molecule is O=C(NC1CCCCCC1)c1ccc(S(=O)(=O)Nc2ccccc2Cl)cc1. The second-order valence-corrected chi connectivity index (χ2v) is 8.86. The molecule has 0 aliphatic heterocycles. The van der Waals surface area contributed by atoms with E-state index in [1.807, 2.05) is 0 Å². The Hall–Kier alpha value is -2.05. The van der Waals surface area contributed by atoms with Crippen LogP contribution in [0.25, 0.3) is 0 Å². The number of hydrogen-bond donors (Lipinski definition) is 2. The van der Waals surface area contributed by atoms with E-state index in [9.17, 15) is 13.2 Å². The number of hydrogen-bond acceptors (Lipinski definition) is 3. The van der Waals surface area contributed by atoms with Gasteiger partial charge in [-0.3, -0.25) is 9.52 Å². The van der Waals surface area contributed by atoms with Crippen molar-refractivity contribution in [1.82, 2.24) is 5.32 Å². The molecule has 2 aromatic rings. The number of carbonyl (C=O) groups is 1. The molecule has 7 heteroatoms. The van der Waals surface area contributed by atoms with E-state index >= 15 is 0 Å². The van der Waals surface area contributed by atoms with Crippen LogP contribution in [-0.4, -0.2) is 20.4 Å². The molecular weight excluding hydrogens is 384 g/mol. The molecule has 27 heavy (non-hydrogen) atoms. The molecule has 3 rings (SSSR count). The fourth-order valence-electron chi connectivity index (χ4n) is 3.23. The molecule has 1 saturated carbocycles. The molecule has 0 heterocycles. The Morgan fingerprint density at radius 2 is 1.56 bits per heavy atom. The van der Waals surface area contributed by atoms with Crippen molar-refractivity contribution in [2.75, 3.05) is 4.72 Å². The number of nitrogens with one attached hydrogen (secondary N) is 2. The molecule has 144 valence electrons. The summed E-state index contributed by atoms with van der Waals surface area (Å²) in [6.45, 7) is 0. The Balaban J connectivity index is 1.68. The van der Waals surface area contributed by atoms with E-state index in [1.165, 1.54) is 37.1 Å². The van der Waals surface area contributed by atoms with Gasteiger partial charge in [-0.25, -0.2) is 8.42 Å². The number of halogens is 1. The van der Waals surface area contributed by atoms with Gasteiger partial charge in [0, 0.05) is 11.6 Å². The molecule has 0 bridgehead atoms. The number of rotatable bonds is 5. The lowest BCUT2D eigenvalue weighted by Crippen LogP contribution is -2.34. The highest BCUT2D eigenvalue weighted by Gasteiger charge is 2.18. The van der Waals surface area contributed by atoms with Crippen LogP contribution in [0.4, 0.5) is 5.69 Å². The number of benzene rings is 2. The third kappa shape index (κ3) is 5.23. The highest BCUT2D eigenvalue weighted by atomic mass is 35.5. The maximum Gasteiger partial charge on any atom is 0.261 e. The lowest BCUT2D eigenvalue weighted by molar-refractivity contribution is 0.0933. The first-order chi connectivity index (χ1) is 13.0. The van der Waals surface area contributed by atoms with Gasteiger partial charge in [0.15, 0.2) is 0 Å². The molecule has 5 nitrogen and oxygen atoms in total. The molecule has 0 radical (unpaired) electrons. The summed E-state index contributed by atoms with van der Waals surface area (Å²) in [5.74, 6) is -0.162. The van der Waals surface area contributed by atoms with Crippen LogP contribution in [0.3, 0.4) is 0 Å². The van der Waals surface area contributed by atoms with E-state index in [4.69, 9.17) is 11.6 Å². The minimum atomic E-state index is -3.78. The maximum absolute atomic E-state index is 12.5. The van der Waals surface area contributed by atoms with Crippen LogP contribution in [-0.2, 0) is 10.0 Å². The van der Waals surface area contributed by atoms with Crippen LogP contribution in [0, 0.1) is 0 Å². The average Bonchev–Trinajstić information content (AvgIpc) is 2.92.